The minimum atomic E-state index is 0. The Balaban J connectivity index is -0.000000360. The molecule has 8 heteroatoms. The molecule has 81 valence electrons. The zero-order valence-electron chi connectivity index (χ0n) is 7.27. The Morgan fingerprint density at radius 3 is 2.40 bits per heavy atom. The number of fused-ring (bicyclic) bond motifs is 1. The van der Waals surface area contributed by atoms with Crippen LogP contribution in [0.15, 0.2) is 22.8 Å². The maximum atomic E-state index is 5.59. The Morgan fingerprint density at radius 2 is 1.80 bits per heavy atom. The Morgan fingerprint density at radius 1 is 1.20 bits per heavy atom. The average Bonchev–Trinajstić information content (AvgIpc) is 2.33. The van der Waals surface area contributed by atoms with E-state index in [-0.39, 0.29) is 58.9 Å². The van der Waals surface area contributed by atoms with Gasteiger partial charge in [0.25, 0.3) is 0 Å². The number of aromatic amines is 1. The maximum absolute atomic E-state index is 5.59. The normalized spacial score (nSPS) is 7.80. The molecule has 0 saturated heterocycles. The molecule has 15 heavy (non-hydrogen) atoms. The van der Waals surface area contributed by atoms with Crippen LogP contribution in [0.1, 0.15) is 0 Å². The minimum absolute atomic E-state index is 0. The Hall–Kier alpha value is 0.554. The van der Waals surface area contributed by atoms with Crippen molar-refractivity contribution in [3.05, 3.63) is 22.8 Å². The van der Waals surface area contributed by atoms with E-state index in [1.807, 2.05) is 18.2 Å². The number of nitrogens with zero attached hydrogens (tertiary/aromatic N) is 1. The molecule has 0 unspecified atom stereocenters. The zero-order valence-corrected chi connectivity index (χ0v) is 12.7. The summed E-state index contributed by atoms with van der Waals surface area (Å²) in [5.74, 6) is 0. The molecule has 0 amide bonds. The summed E-state index contributed by atoms with van der Waals surface area (Å²) >= 11 is 3.33. The topological polar surface area (TPSA) is 54.7 Å². The van der Waals surface area contributed by atoms with Gasteiger partial charge in [0, 0.05) is 11.1 Å². The Labute approximate surface area is 129 Å². The van der Waals surface area contributed by atoms with Crippen LogP contribution in [0.25, 0.3) is 10.9 Å². The van der Waals surface area contributed by atoms with Gasteiger partial charge >= 0.3 is 21.7 Å². The van der Waals surface area contributed by atoms with Gasteiger partial charge in [0.15, 0.2) is 0 Å². The molecule has 0 aliphatic rings. The molecule has 0 fully saturated rings. The fourth-order valence-corrected chi connectivity index (χ4v) is 1.40. The van der Waals surface area contributed by atoms with Crippen molar-refractivity contribution < 1.29 is 58.9 Å². The van der Waals surface area contributed by atoms with Gasteiger partial charge in [-0.3, -0.25) is 5.10 Å². The van der Waals surface area contributed by atoms with Gasteiger partial charge in [-0.2, -0.15) is 5.10 Å². The summed E-state index contributed by atoms with van der Waals surface area (Å²) in [7, 11) is 0. The third-order valence-electron chi connectivity index (χ3n) is 1.53. The number of halogens is 4. The van der Waals surface area contributed by atoms with Gasteiger partial charge < -0.3 is 43.0 Å². The van der Waals surface area contributed by atoms with Gasteiger partial charge in [0.1, 0.15) is 4.60 Å². The van der Waals surface area contributed by atoms with E-state index in [2.05, 4.69) is 26.1 Å². The van der Waals surface area contributed by atoms with Gasteiger partial charge in [0.2, 0.25) is 0 Å². The van der Waals surface area contributed by atoms with Crippen LogP contribution in [-0.2, 0) is 21.7 Å². The summed E-state index contributed by atoms with van der Waals surface area (Å²) in [6.45, 7) is 0. The van der Waals surface area contributed by atoms with E-state index >= 15 is 0 Å². The molecular formula is C7H6BrCl3N3Ti. The SMILES string of the molecule is Nc1ccc2n[nH]c(Br)c2c1.[Cl-].[Cl-].[Cl-].[Ti+3]. The molecule has 1 heterocycles. The summed E-state index contributed by atoms with van der Waals surface area (Å²) in [6.07, 6.45) is 0. The van der Waals surface area contributed by atoms with E-state index in [9.17, 15) is 0 Å². The Bertz CT molecular complexity index is 409. The van der Waals surface area contributed by atoms with Crippen LogP contribution in [0, 0.1) is 0 Å². The van der Waals surface area contributed by atoms with E-state index in [1.165, 1.54) is 0 Å². The number of H-pyrrole nitrogens is 1. The van der Waals surface area contributed by atoms with Gasteiger partial charge in [-0.25, -0.2) is 0 Å². The molecule has 2 aromatic rings. The fourth-order valence-electron chi connectivity index (χ4n) is 0.996. The van der Waals surface area contributed by atoms with Gasteiger partial charge in [-0.1, -0.05) is 0 Å². The molecule has 2 rings (SSSR count). The molecule has 0 saturated carbocycles. The molecule has 0 spiro atoms. The summed E-state index contributed by atoms with van der Waals surface area (Å²) in [6, 6.07) is 5.59. The number of nitrogens with two attached hydrogens (primary N) is 1. The first-order valence-electron chi connectivity index (χ1n) is 3.16. The van der Waals surface area contributed by atoms with Crippen molar-refractivity contribution in [1.29, 1.82) is 0 Å². The second kappa shape index (κ2) is 8.68. The maximum Gasteiger partial charge on any atom is 3.00 e. The molecule has 3 N–H and O–H groups in total. The number of benzene rings is 1. The van der Waals surface area contributed by atoms with Crippen molar-refractivity contribution >= 4 is 32.5 Å². The fraction of sp³-hybridized carbons (Fsp3) is 0. The third kappa shape index (κ3) is 4.51. The summed E-state index contributed by atoms with van der Waals surface area (Å²) < 4.78 is 0.875. The summed E-state index contributed by atoms with van der Waals surface area (Å²) in [5.41, 5.74) is 7.26. The monoisotopic (exact) mass is 364 g/mol. The first-order chi connectivity index (χ1) is 5.27. The average molecular weight is 366 g/mol. The largest absolute Gasteiger partial charge is 3.00 e. The second-order valence-corrected chi connectivity index (χ2v) is 3.11. The summed E-state index contributed by atoms with van der Waals surface area (Å²) in [4.78, 5) is 0. The van der Waals surface area contributed by atoms with E-state index < -0.39 is 0 Å². The van der Waals surface area contributed by atoms with Crippen molar-refractivity contribution in [1.82, 2.24) is 10.2 Å². The van der Waals surface area contributed by atoms with E-state index in [0.717, 1.165) is 21.2 Å². The quantitative estimate of drug-likeness (QED) is 0.360. The smallest absolute Gasteiger partial charge is 1.00 e. The summed E-state index contributed by atoms with van der Waals surface area (Å²) in [5, 5.41) is 7.87. The predicted molar refractivity (Wildman–Crippen MR) is 48.2 cm³/mol. The van der Waals surface area contributed by atoms with Crippen molar-refractivity contribution in [2.24, 2.45) is 0 Å². The number of hydrogen-bond acceptors (Lipinski definition) is 2. The van der Waals surface area contributed by atoms with Crippen molar-refractivity contribution in [3.63, 3.8) is 0 Å². The number of anilines is 1. The van der Waals surface area contributed by atoms with Crippen LogP contribution in [-0.4, -0.2) is 10.2 Å². The van der Waals surface area contributed by atoms with Crippen molar-refractivity contribution in [2.75, 3.05) is 5.73 Å². The predicted octanol–water partition coefficient (Wildman–Crippen LogP) is -7.08. The van der Waals surface area contributed by atoms with Gasteiger partial charge in [-0.15, -0.1) is 0 Å². The Kier molecular flexibility index (Phi) is 12.1. The van der Waals surface area contributed by atoms with E-state index in [1.54, 1.807) is 0 Å². The van der Waals surface area contributed by atoms with Gasteiger partial charge in [-0.05, 0) is 34.1 Å². The minimum Gasteiger partial charge on any atom is -1.00 e. The number of nitrogens with one attached hydrogen (secondary N) is 1. The number of nitrogen functional groups attached to an aromatic ring is 1. The molecule has 0 atom stereocenters. The van der Waals surface area contributed by atoms with Crippen LogP contribution in [0.4, 0.5) is 5.69 Å². The van der Waals surface area contributed by atoms with Crippen LogP contribution in [0.3, 0.4) is 0 Å². The molecular weight excluding hydrogens is 360 g/mol. The number of hydrogen-bond donors (Lipinski definition) is 2. The van der Waals surface area contributed by atoms with Crippen LogP contribution >= 0.6 is 15.9 Å². The second-order valence-electron chi connectivity index (χ2n) is 2.31. The molecule has 1 aromatic carbocycles. The zero-order chi connectivity index (χ0) is 7.84. The van der Waals surface area contributed by atoms with Crippen LogP contribution < -0.4 is 43.0 Å². The number of aromatic nitrogens is 2. The van der Waals surface area contributed by atoms with Crippen LogP contribution in [0.2, 0.25) is 0 Å². The number of rotatable bonds is 0. The molecule has 0 aliphatic carbocycles. The standard InChI is InChI=1S/C7H6BrN3.3ClH.Ti/c8-7-5-3-4(9)1-2-6(5)10-11-7;;;;/h1-3H,9H2,(H,10,11);3*1H;/q;;;;+3/p-3. The first-order valence-corrected chi connectivity index (χ1v) is 3.96. The van der Waals surface area contributed by atoms with Gasteiger partial charge in [0.05, 0.1) is 5.52 Å². The van der Waals surface area contributed by atoms with Crippen LogP contribution in [0.5, 0.6) is 0 Å². The van der Waals surface area contributed by atoms with Crippen molar-refractivity contribution in [2.45, 2.75) is 0 Å². The molecule has 1 aromatic heterocycles. The van der Waals surface area contributed by atoms with E-state index in [0.29, 0.717) is 0 Å². The molecule has 0 bridgehead atoms. The van der Waals surface area contributed by atoms with Crippen molar-refractivity contribution in [3.8, 4) is 0 Å². The first kappa shape index (κ1) is 20.9. The van der Waals surface area contributed by atoms with E-state index in [4.69, 9.17) is 5.73 Å². The molecule has 3 nitrogen and oxygen atoms in total. The molecule has 1 radical (unpaired) electrons. The third-order valence-corrected chi connectivity index (χ3v) is 2.14. The molecule has 0 aliphatic heterocycles.